The van der Waals surface area contributed by atoms with Crippen LogP contribution in [-0.2, 0) is 9.47 Å². The molecule has 0 bridgehead atoms. The molecule has 0 aliphatic carbocycles. The molecule has 0 radical (unpaired) electrons. The van der Waals surface area contributed by atoms with E-state index >= 15 is 0 Å². The van der Waals surface area contributed by atoms with Crippen LogP contribution in [-0.4, -0.2) is 66.1 Å². The normalized spacial score (nSPS) is 23.0. The van der Waals surface area contributed by atoms with Crippen LogP contribution < -0.4 is 15.5 Å². The van der Waals surface area contributed by atoms with E-state index in [9.17, 15) is 14.0 Å². The van der Waals surface area contributed by atoms with Crippen LogP contribution in [0.4, 0.5) is 19.7 Å². The standard InChI is InChI=1S/C22H28FN5O4S/c1-22(2,3)32-21(30)28-19(33-13-26-28)25-11-16-12-27(20(29)31-16)15-4-5-17(18(23)10-15)14-6-8-24-9-7-14/h4-6,10,13,16,19,24-25H,7-9,11-12H2,1-3H3/t16-,19?/m1/s1. The summed E-state index contributed by atoms with van der Waals surface area (Å²) < 4.78 is 25.6. The maximum atomic E-state index is 14.8. The number of amides is 2. The van der Waals surface area contributed by atoms with E-state index in [-0.39, 0.29) is 12.4 Å². The second kappa shape index (κ2) is 9.70. The largest absolute Gasteiger partial charge is 0.443 e. The molecule has 0 spiro atoms. The number of halogens is 1. The number of nitrogens with zero attached hydrogens (tertiary/aromatic N) is 3. The number of carbonyl (C=O) groups excluding carboxylic acids is 2. The number of cyclic esters (lactones) is 1. The minimum Gasteiger partial charge on any atom is -0.443 e. The highest BCUT2D eigenvalue weighted by molar-refractivity contribution is 8.12. The Balaban J connectivity index is 1.34. The van der Waals surface area contributed by atoms with Crippen LogP contribution in [0.3, 0.4) is 0 Å². The van der Waals surface area contributed by atoms with E-state index in [1.165, 1.54) is 27.7 Å². The van der Waals surface area contributed by atoms with Gasteiger partial charge in [-0.25, -0.2) is 14.0 Å². The summed E-state index contributed by atoms with van der Waals surface area (Å²) in [7, 11) is 0. The number of carbonyl (C=O) groups is 2. The molecule has 3 heterocycles. The predicted molar refractivity (Wildman–Crippen MR) is 125 cm³/mol. The number of anilines is 1. The lowest BCUT2D eigenvalue weighted by molar-refractivity contribution is 0.0213. The van der Waals surface area contributed by atoms with E-state index in [0.29, 0.717) is 17.8 Å². The molecule has 9 nitrogen and oxygen atoms in total. The Kier molecular flexibility index (Phi) is 6.91. The van der Waals surface area contributed by atoms with E-state index in [4.69, 9.17) is 9.47 Å². The Morgan fingerprint density at radius 2 is 2.24 bits per heavy atom. The van der Waals surface area contributed by atoms with Crippen LogP contribution >= 0.6 is 11.8 Å². The molecule has 3 aliphatic heterocycles. The smallest absolute Gasteiger partial charge is 0.433 e. The van der Waals surface area contributed by atoms with Gasteiger partial charge in [0.1, 0.15) is 17.5 Å². The van der Waals surface area contributed by atoms with Gasteiger partial charge in [0, 0.05) is 18.7 Å². The van der Waals surface area contributed by atoms with Crippen molar-refractivity contribution in [1.29, 1.82) is 0 Å². The number of ether oxygens (including phenoxy) is 2. The molecule has 1 saturated heterocycles. The summed E-state index contributed by atoms with van der Waals surface area (Å²) in [5, 5.41) is 11.6. The first-order valence-corrected chi connectivity index (χ1v) is 11.8. The Bertz CT molecular complexity index is 980. The van der Waals surface area contributed by atoms with Crippen LogP contribution in [0.1, 0.15) is 32.8 Å². The average molecular weight is 478 g/mol. The van der Waals surface area contributed by atoms with Gasteiger partial charge in [-0.05, 0) is 57.5 Å². The van der Waals surface area contributed by atoms with Gasteiger partial charge in [0.05, 0.1) is 17.8 Å². The highest BCUT2D eigenvalue weighted by Crippen LogP contribution is 2.29. The Morgan fingerprint density at radius 3 is 2.94 bits per heavy atom. The van der Waals surface area contributed by atoms with E-state index < -0.39 is 29.4 Å². The van der Waals surface area contributed by atoms with Crippen molar-refractivity contribution >= 4 is 40.8 Å². The number of thioether (sulfide) groups is 1. The van der Waals surface area contributed by atoms with Crippen LogP contribution in [0.25, 0.3) is 5.57 Å². The van der Waals surface area contributed by atoms with Gasteiger partial charge in [-0.1, -0.05) is 17.8 Å². The zero-order valence-electron chi connectivity index (χ0n) is 18.8. The monoisotopic (exact) mass is 477 g/mol. The Labute approximate surface area is 196 Å². The first-order chi connectivity index (χ1) is 15.7. The van der Waals surface area contributed by atoms with Gasteiger partial charge in [-0.2, -0.15) is 10.1 Å². The van der Waals surface area contributed by atoms with E-state index in [0.717, 1.165) is 25.1 Å². The van der Waals surface area contributed by atoms with Crippen molar-refractivity contribution in [2.75, 3.05) is 31.1 Å². The van der Waals surface area contributed by atoms with Crippen LogP contribution in [0.5, 0.6) is 0 Å². The van der Waals surface area contributed by atoms with Gasteiger partial charge >= 0.3 is 12.2 Å². The molecule has 2 amide bonds. The Morgan fingerprint density at radius 1 is 1.42 bits per heavy atom. The molecule has 0 aromatic heterocycles. The molecule has 2 atom stereocenters. The number of hydrogen-bond acceptors (Lipinski definition) is 8. The van der Waals surface area contributed by atoms with Crippen molar-refractivity contribution in [2.45, 2.75) is 44.4 Å². The van der Waals surface area contributed by atoms with E-state index in [2.05, 4.69) is 15.7 Å². The molecule has 33 heavy (non-hydrogen) atoms. The number of rotatable bonds is 5. The predicted octanol–water partition coefficient (Wildman–Crippen LogP) is 3.33. The highest BCUT2D eigenvalue weighted by atomic mass is 32.2. The summed E-state index contributed by atoms with van der Waals surface area (Å²) in [4.78, 5) is 26.2. The summed E-state index contributed by atoms with van der Waals surface area (Å²) in [5.41, 5.74) is 2.42. The Hall–Kier alpha value is -2.63. The molecule has 1 aromatic carbocycles. The topological polar surface area (TPSA) is 95.5 Å². The van der Waals surface area contributed by atoms with Gasteiger partial charge in [-0.15, -0.1) is 0 Å². The lowest BCUT2D eigenvalue weighted by Crippen LogP contribution is -2.46. The van der Waals surface area contributed by atoms with Gasteiger partial charge in [0.25, 0.3) is 0 Å². The van der Waals surface area contributed by atoms with Gasteiger partial charge in [0.2, 0.25) is 0 Å². The minimum atomic E-state index is -0.638. The minimum absolute atomic E-state index is 0.266. The second-order valence-electron chi connectivity index (χ2n) is 8.91. The molecular formula is C22H28FN5O4S. The molecule has 2 N–H and O–H groups in total. The summed E-state index contributed by atoms with van der Waals surface area (Å²) in [6, 6.07) is 4.83. The molecule has 1 aromatic rings. The fourth-order valence-corrected chi connectivity index (χ4v) is 4.43. The van der Waals surface area contributed by atoms with Crippen molar-refractivity contribution in [3.05, 3.63) is 35.7 Å². The molecule has 1 unspecified atom stereocenters. The van der Waals surface area contributed by atoms with E-state index in [1.807, 2.05) is 6.08 Å². The van der Waals surface area contributed by atoms with Crippen molar-refractivity contribution in [2.24, 2.45) is 5.10 Å². The van der Waals surface area contributed by atoms with Crippen molar-refractivity contribution < 1.29 is 23.5 Å². The SMILES string of the molecule is CC(C)(C)OC(=O)N1N=CSC1NC[C@@H]1CN(c2ccc(C3=CCNCC3)c(F)c2)C(=O)O1. The van der Waals surface area contributed by atoms with Crippen molar-refractivity contribution in [3.8, 4) is 0 Å². The first-order valence-electron chi connectivity index (χ1n) is 10.8. The maximum Gasteiger partial charge on any atom is 0.433 e. The first kappa shape index (κ1) is 23.5. The number of hydrogen-bond donors (Lipinski definition) is 2. The van der Waals surface area contributed by atoms with Crippen LogP contribution in [0, 0.1) is 5.82 Å². The third kappa shape index (κ3) is 5.66. The maximum absolute atomic E-state index is 14.8. The zero-order valence-corrected chi connectivity index (χ0v) is 19.7. The molecule has 0 saturated carbocycles. The summed E-state index contributed by atoms with van der Waals surface area (Å²) >= 11 is 1.31. The third-order valence-corrected chi connectivity index (χ3v) is 6.07. The van der Waals surface area contributed by atoms with Crippen molar-refractivity contribution in [1.82, 2.24) is 15.6 Å². The van der Waals surface area contributed by atoms with E-state index in [1.54, 1.807) is 38.5 Å². The molecular weight excluding hydrogens is 449 g/mol. The fraction of sp³-hybridized carbons (Fsp3) is 0.500. The molecule has 178 valence electrons. The average Bonchev–Trinajstić information content (AvgIpc) is 3.38. The molecule has 4 rings (SSSR count). The summed E-state index contributed by atoms with van der Waals surface area (Å²) in [6.07, 6.45) is 1.19. The zero-order chi connectivity index (χ0) is 23.6. The van der Waals surface area contributed by atoms with Crippen LogP contribution in [0.15, 0.2) is 29.4 Å². The quantitative estimate of drug-likeness (QED) is 0.672. The van der Waals surface area contributed by atoms with Crippen molar-refractivity contribution in [3.63, 3.8) is 0 Å². The fourth-order valence-electron chi connectivity index (χ4n) is 3.71. The summed E-state index contributed by atoms with van der Waals surface area (Å²) in [6.45, 7) is 7.45. The van der Waals surface area contributed by atoms with Gasteiger partial charge in [-0.3, -0.25) is 10.2 Å². The van der Waals surface area contributed by atoms with Gasteiger partial charge in [0.15, 0.2) is 5.50 Å². The lowest BCUT2D eigenvalue weighted by Gasteiger charge is -2.26. The number of nitrogens with one attached hydrogen (secondary N) is 2. The summed E-state index contributed by atoms with van der Waals surface area (Å²) in [5.74, 6) is -0.359. The molecule has 3 aliphatic rings. The highest BCUT2D eigenvalue weighted by Gasteiger charge is 2.36. The second-order valence-corrected chi connectivity index (χ2v) is 9.84. The number of benzene rings is 1. The van der Waals surface area contributed by atoms with Gasteiger partial charge < -0.3 is 14.8 Å². The van der Waals surface area contributed by atoms with Crippen LogP contribution in [0.2, 0.25) is 0 Å². The molecule has 11 heteroatoms. The number of hydrazone groups is 1. The molecule has 1 fully saturated rings. The third-order valence-electron chi connectivity index (χ3n) is 5.23. The lowest BCUT2D eigenvalue weighted by atomic mass is 9.99.